The van der Waals surface area contributed by atoms with Crippen LogP contribution in [0.5, 0.6) is 17.2 Å². The molecule has 2 aromatic carbocycles. The topological polar surface area (TPSA) is 236 Å². The summed E-state index contributed by atoms with van der Waals surface area (Å²) in [6.07, 6.45) is -5.18. The van der Waals surface area contributed by atoms with Gasteiger partial charge >= 0.3 is 11.9 Å². The van der Waals surface area contributed by atoms with E-state index in [-0.39, 0.29) is 40.8 Å². The Kier molecular flexibility index (Phi) is 11.9. The second-order valence-electron chi connectivity index (χ2n) is 13.7. The van der Waals surface area contributed by atoms with E-state index in [1.807, 2.05) is 4.90 Å². The third-order valence-corrected chi connectivity index (χ3v) is 10.3. The van der Waals surface area contributed by atoms with Gasteiger partial charge in [0.2, 0.25) is 5.78 Å². The lowest BCUT2D eigenvalue weighted by atomic mass is 9.72. The number of aromatic hydroxyl groups is 2. The van der Waals surface area contributed by atoms with Gasteiger partial charge in [0.1, 0.15) is 29.5 Å². The van der Waals surface area contributed by atoms with E-state index in [2.05, 4.69) is 0 Å². The molecular formula is C37H45NO15. The number of ketones is 3. The van der Waals surface area contributed by atoms with E-state index in [9.17, 15) is 49.5 Å². The Morgan fingerprint density at radius 1 is 1.06 bits per heavy atom. The second kappa shape index (κ2) is 15.9. The highest BCUT2D eigenvalue weighted by Crippen LogP contribution is 2.52. The number of rotatable bonds is 13. The van der Waals surface area contributed by atoms with Crippen molar-refractivity contribution in [2.24, 2.45) is 0 Å². The van der Waals surface area contributed by atoms with Crippen molar-refractivity contribution in [1.29, 1.82) is 0 Å². The van der Waals surface area contributed by atoms with E-state index in [4.69, 9.17) is 23.7 Å². The van der Waals surface area contributed by atoms with Crippen molar-refractivity contribution >= 4 is 29.3 Å². The number of esters is 2. The molecule has 0 saturated carbocycles. The van der Waals surface area contributed by atoms with Crippen molar-refractivity contribution in [3.05, 3.63) is 51.6 Å². The highest BCUT2D eigenvalue weighted by molar-refractivity contribution is 6.31. The number of hydrogen-bond acceptors (Lipinski definition) is 16. The fourth-order valence-electron chi connectivity index (χ4n) is 7.54. The van der Waals surface area contributed by atoms with Crippen molar-refractivity contribution in [3.63, 3.8) is 0 Å². The van der Waals surface area contributed by atoms with Crippen molar-refractivity contribution in [2.45, 2.75) is 94.7 Å². The van der Waals surface area contributed by atoms with Crippen molar-refractivity contribution in [1.82, 2.24) is 4.90 Å². The maximum absolute atomic E-state index is 13.9. The van der Waals surface area contributed by atoms with E-state index in [0.29, 0.717) is 19.4 Å². The molecule has 1 fully saturated rings. The minimum absolute atomic E-state index is 0.0537. The molecule has 16 nitrogen and oxygen atoms in total. The number of aliphatic hydroxyl groups is 3. The minimum Gasteiger partial charge on any atom is -0.507 e. The van der Waals surface area contributed by atoms with E-state index in [1.54, 1.807) is 14.0 Å². The number of carbonyl (C=O) groups is 5. The molecule has 1 aliphatic heterocycles. The largest absolute Gasteiger partial charge is 0.507 e. The molecule has 1 heterocycles. The van der Waals surface area contributed by atoms with E-state index in [0.717, 1.165) is 0 Å². The molecule has 0 spiro atoms. The van der Waals surface area contributed by atoms with Crippen LogP contribution in [0, 0.1) is 0 Å². The first kappa shape index (κ1) is 39.8. The number of fused-ring (bicyclic) bond motifs is 3. The van der Waals surface area contributed by atoms with Crippen LogP contribution < -0.4 is 4.74 Å². The number of unbranched alkanes of at least 4 members (excludes halogenated alkanes) is 1. The number of methoxy groups -OCH3 is 2. The van der Waals surface area contributed by atoms with Crippen LogP contribution in [0.4, 0.5) is 0 Å². The van der Waals surface area contributed by atoms with Gasteiger partial charge in [-0.1, -0.05) is 12.1 Å². The number of Topliss-reactive ketones (excluding diaryl/α,β-unsaturated/α-hetero) is 1. The molecule has 0 aromatic heterocycles. The van der Waals surface area contributed by atoms with Gasteiger partial charge in [0.15, 0.2) is 24.0 Å². The quantitative estimate of drug-likeness (QED) is 0.0941. The van der Waals surface area contributed by atoms with Gasteiger partial charge in [0, 0.05) is 48.9 Å². The van der Waals surface area contributed by atoms with Crippen LogP contribution in [0.15, 0.2) is 18.2 Å². The van der Waals surface area contributed by atoms with Gasteiger partial charge in [-0.25, -0.2) is 4.79 Å². The first-order valence-electron chi connectivity index (χ1n) is 17.3. The molecule has 288 valence electrons. The van der Waals surface area contributed by atoms with E-state index >= 15 is 0 Å². The molecule has 1 saturated heterocycles. The van der Waals surface area contributed by atoms with Gasteiger partial charge in [0.25, 0.3) is 0 Å². The summed E-state index contributed by atoms with van der Waals surface area (Å²) < 4.78 is 27.4. The number of ether oxygens (including phenoxy) is 5. The van der Waals surface area contributed by atoms with Gasteiger partial charge in [-0.05, 0) is 45.8 Å². The van der Waals surface area contributed by atoms with Gasteiger partial charge in [-0.2, -0.15) is 0 Å². The first-order chi connectivity index (χ1) is 25.1. The Morgan fingerprint density at radius 3 is 2.40 bits per heavy atom. The van der Waals surface area contributed by atoms with Crippen LogP contribution >= 0.6 is 0 Å². The fourth-order valence-corrected chi connectivity index (χ4v) is 7.54. The lowest BCUT2D eigenvalue weighted by molar-refractivity contribution is -0.257. The van der Waals surface area contributed by atoms with Gasteiger partial charge < -0.3 is 54.1 Å². The molecule has 7 unspecified atom stereocenters. The van der Waals surface area contributed by atoms with Crippen molar-refractivity contribution in [3.8, 4) is 17.2 Å². The van der Waals surface area contributed by atoms with Crippen LogP contribution in [-0.2, 0) is 39.8 Å². The summed E-state index contributed by atoms with van der Waals surface area (Å²) in [7, 11) is 4.28. The summed E-state index contributed by atoms with van der Waals surface area (Å²) in [6, 6.07) is 3.79. The minimum atomic E-state index is -2.31. The summed E-state index contributed by atoms with van der Waals surface area (Å²) in [5.74, 6) is -5.22. The summed E-state index contributed by atoms with van der Waals surface area (Å²) in [4.78, 5) is 65.9. The SMILES string of the molecule is COC(=O)C(CCCCN(C)C1CC(OC2CC(O)(C(=O)CO)Cc3c(O)c4c(c(O)c32)C(=O)c2c(OC)cccc2C4=O)OC(C)C1O)OC(C)=O. The molecule has 5 rings (SSSR count). The normalized spacial score (nSPS) is 25.6. The summed E-state index contributed by atoms with van der Waals surface area (Å²) in [5, 5.41) is 55.8. The zero-order valence-corrected chi connectivity index (χ0v) is 30.1. The molecule has 53 heavy (non-hydrogen) atoms. The van der Waals surface area contributed by atoms with Gasteiger partial charge in [-0.15, -0.1) is 0 Å². The summed E-state index contributed by atoms with van der Waals surface area (Å²) in [6.45, 7) is 2.20. The number of carbonyl (C=O) groups excluding carboxylic acids is 5. The van der Waals surface area contributed by atoms with Crippen LogP contribution in [0.2, 0.25) is 0 Å². The average molecular weight is 744 g/mol. The average Bonchev–Trinajstić information content (AvgIpc) is 3.12. The Balaban J connectivity index is 1.43. The standard InChI is InChI=1S/C37H45NO15/c1-17-31(42)21(38(3)12-7-6-10-23(36(47)50-5)52-18(2)40)13-26(51-17)53-24-15-37(48,25(41)16-39)14-20-28(24)35(46)30-29(33(20)44)32(43)19-9-8-11-22(49-4)27(19)34(30)45/h8-9,11,17,21,23-24,26,31,39,42,44,46,48H,6-7,10,12-16H2,1-5H3. The van der Waals surface area contributed by atoms with E-state index < -0.39 is 114 Å². The lowest BCUT2D eigenvalue weighted by Gasteiger charge is -2.44. The van der Waals surface area contributed by atoms with Crippen molar-refractivity contribution < 1.29 is 73.2 Å². The third kappa shape index (κ3) is 7.52. The van der Waals surface area contributed by atoms with Gasteiger partial charge in [-0.3, -0.25) is 19.2 Å². The maximum atomic E-state index is 13.9. The Morgan fingerprint density at radius 2 is 1.75 bits per heavy atom. The number of likely N-dealkylation sites (N-methyl/N-ethyl adjacent to an activating group) is 1. The predicted octanol–water partition coefficient (Wildman–Crippen LogP) is 1.25. The molecule has 2 aliphatic carbocycles. The number of phenolic OH excluding ortho intramolecular Hbond substituents is 2. The Hall–Kier alpha value is -4.45. The Bertz CT molecular complexity index is 1790. The van der Waals surface area contributed by atoms with Crippen LogP contribution in [0.25, 0.3) is 0 Å². The molecule has 0 radical (unpaired) electrons. The van der Waals surface area contributed by atoms with Crippen LogP contribution in [0.3, 0.4) is 0 Å². The fraction of sp³-hybridized carbons (Fsp3) is 0.541. The second-order valence-corrected chi connectivity index (χ2v) is 13.7. The Labute approximate surface area is 305 Å². The molecule has 5 N–H and O–H groups in total. The number of hydrogen-bond donors (Lipinski definition) is 5. The zero-order chi connectivity index (χ0) is 38.9. The summed E-state index contributed by atoms with van der Waals surface area (Å²) >= 11 is 0. The highest BCUT2D eigenvalue weighted by Gasteiger charge is 2.50. The molecule has 3 aliphatic rings. The highest BCUT2D eigenvalue weighted by atomic mass is 16.7. The molecular weight excluding hydrogens is 698 g/mol. The van der Waals surface area contributed by atoms with Gasteiger partial charge in [0.05, 0.1) is 49.2 Å². The smallest absolute Gasteiger partial charge is 0.347 e. The molecule has 0 bridgehead atoms. The van der Waals surface area contributed by atoms with Crippen LogP contribution in [0.1, 0.15) is 95.0 Å². The van der Waals surface area contributed by atoms with E-state index in [1.165, 1.54) is 39.3 Å². The molecule has 2 aromatic rings. The molecule has 7 atom stereocenters. The summed E-state index contributed by atoms with van der Waals surface area (Å²) in [5.41, 5.74) is -3.86. The number of benzene rings is 2. The molecule has 16 heteroatoms. The van der Waals surface area contributed by atoms with Crippen LogP contribution in [-0.4, -0.2) is 130 Å². The third-order valence-electron chi connectivity index (χ3n) is 10.3. The lowest BCUT2D eigenvalue weighted by Crippen LogP contribution is -2.55. The monoisotopic (exact) mass is 743 g/mol. The number of aliphatic hydroxyl groups excluding tert-OH is 2. The maximum Gasteiger partial charge on any atom is 0.347 e. The number of phenols is 2. The predicted molar refractivity (Wildman–Crippen MR) is 182 cm³/mol. The van der Waals surface area contributed by atoms with Crippen molar-refractivity contribution in [2.75, 3.05) is 34.4 Å². The first-order valence-corrected chi connectivity index (χ1v) is 17.3. The number of nitrogens with zero attached hydrogens (tertiary/aromatic N) is 1. The molecule has 0 amide bonds. The zero-order valence-electron chi connectivity index (χ0n) is 30.1.